The summed E-state index contributed by atoms with van der Waals surface area (Å²) in [5.74, 6) is -1.19. The van der Waals surface area contributed by atoms with Gasteiger partial charge in [-0.05, 0) is 40.9 Å². The van der Waals surface area contributed by atoms with Crippen LogP contribution < -0.4 is 5.32 Å². The maximum atomic E-state index is 12.9. The Balaban J connectivity index is 1.93. The van der Waals surface area contributed by atoms with E-state index >= 15 is 0 Å². The molecule has 102 valence electrons. The summed E-state index contributed by atoms with van der Waals surface area (Å²) in [5.41, 5.74) is 0. The number of rotatable bonds is 3. The van der Waals surface area contributed by atoms with Crippen molar-refractivity contribution in [2.24, 2.45) is 5.92 Å². The predicted molar refractivity (Wildman–Crippen MR) is 70.7 cm³/mol. The topological polar surface area (TPSA) is 12.0 Å². The standard InChI is InChI=1S/C12H15BrF3NS/c13-11-6-5-8(18-11)7-17-10-4-2-1-3-9(10)12(14,15)16/h5-6,9-10,17H,1-4,7H2. The third kappa shape index (κ3) is 3.71. The van der Waals surface area contributed by atoms with Crippen LogP contribution in [0.3, 0.4) is 0 Å². The summed E-state index contributed by atoms with van der Waals surface area (Å²) in [5, 5.41) is 3.08. The predicted octanol–water partition coefficient (Wildman–Crippen LogP) is 4.72. The zero-order valence-corrected chi connectivity index (χ0v) is 12.2. The second-order valence-electron chi connectivity index (χ2n) is 4.63. The number of hydrogen-bond acceptors (Lipinski definition) is 2. The lowest BCUT2D eigenvalue weighted by atomic mass is 9.84. The van der Waals surface area contributed by atoms with Crippen LogP contribution in [0, 0.1) is 5.92 Å². The van der Waals surface area contributed by atoms with Gasteiger partial charge >= 0.3 is 6.18 Å². The fourth-order valence-corrected chi connectivity index (χ4v) is 3.88. The highest BCUT2D eigenvalue weighted by molar-refractivity contribution is 9.11. The molecule has 0 bridgehead atoms. The number of hydrogen-bond donors (Lipinski definition) is 1. The Morgan fingerprint density at radius 1 is 1.28 bits per heavy atom. The first-order valence-electron chi connectivity index (χ1n) is 6.01. The second kappa shape index (κ2) is 5.92. The van der Waals surface area contributed by atoms with Crippen molar-refractivity contribution >= 4 is 27.3 Å². The Bertz CT molecular complexity index is 391. The first kappa shape index (κ1) is 14.3. The Morgan fingerprint density at radius 3 is 2.61 bits per heavy atom. The normalized spacial score (nSPS) is 25.3. The molecule has 6 heteroatoms. The molecule has 0 spiro atoms. The van der Waals surface area contributed by atoms with Crippen molar-refractivity contribution in [1.29, 1.82) is 0 Å². The molecule has 1 N–H and O–H groups in total. The average molecular weight is 342 g/mol. The van der Waals surface area contributed by atoms with Crippen LogP contribution in [0.15, 0.2) is 15.9 Å². The smallest absolute Gasteiger partial charge is 0.308 e. The average Bonchev–Trinajstić information content (AvgIpc) is 2.72. The first-order valence-corrected chi connectivity index (χ1v) is 7.62. The van der Waals surface area contributed by atoms with Gasteiger partial charge in [-0.15, -0.1) is 11.3 Å². The largest absolute Gasteiger partial charge is 0.393 e. The summed E-state index contributed by atoms with van der Waals surface area (Å²) >= 11 is 4.91. The molecule has 2 atom stereocenters. The van der Waals surface area contributed by atoms with Crippen LogP contribution in [0.2, 0.25) is 0 Å². The van der Waals surface area contributed by atoms with E-state index in [0.717, 1.165) is 15.1 Å². The second-order valence-corrected chi connectivity index (χ2v) is 7.17. The Hall–Kier alpha value is -0.0700. The summed E-state index contributed by atoms with van der Waals surface area (Å²) in [6, 6.07) is 3.43. The molecule has 2 rings (SSSR count). The van der Waals surface area contributed by atoms with Crippen molar-refractivity contribution in [2.75, 3.05) is 0 Å². The Kier molecular flexibility index (Phi) is 4.72. The number of alkyl halides is 3. The van der Waals surface area contributed by atoms with Gasteiger partial charge in [0.2, 0.25) is 0 Å². The molecule has 1 nitrogen and oxygen atoms in total. The van der Waals surface area contributed by atoms with Crippen molar-refractivity contribution in [3.05, 3.63) is 20.8 Å². The van der Waals surface area contributed by atoms with Crippen LogP contribution in [0.25, 0.3) is 0 Å². The number of nitrogens with one attached hydrogen (secondary N) is 1. The minimum atomic E-state index is -4.08. The maximum absolute atomic E-state index is 12.9. The van der Waals surface area contributed by atoms with Crippen LogP contribution in [0.1, 0.15) is 30.6 Å². The van der Waals surface area contributed by atoms with Crippen LogP contribution >= 0.6 is 27.3 Å². The molecule has 1 aliphatic carbocycles. The molecule has 0 saturated heterocycles. The van der Waals surface area contributed by atoms with E-state index in [1.807, 2.05) is 12.1 Å². The minimum absolute atomic E-state index is 0.259. The Morgan fingerprint density at radius 2 is 2.00 bits per heavy atom. The number of halogens is 4. The van der Waals surface area contributed by atoms with E-state index in [2.05, 4.69) is 21.2 Å². The molecular formula is C12H15BrF3NS. The molecule has 1 heterocycles. The highest BCUT2D eigenvalue weighted by Gasteiger charge is 2.45. The number of thiophene rings is 1. The lowest BCUT2D eigenvalue weighted by Crippen LogP contribution is -2.45. The zero-order chi connectivity index (χ0) is 13.2. The van der Waals surface area contributed by atoms with Gasteiger partial charge in [0.15, 0.2) is 0 Å². The molecule has 0 radical (unpaired) electrons. The highest BCUT2D eigenvalue weighted by atomic mass is 79.9. The maximum Gasteiger partial charge on any atom is 0.393 e. The fraction of sp³-hybridized carbons (Fsp3) is 0.667. The molecule has 0 aliphatic heterocycles. The highest BCUT2D eigenvalue weighted by Crippen LogP contribution is 2.38. The minimum Gasteiger partial charge on any atom is -0.308 e. The summed E-state index contributed by atoms with van der Waals surface area (Å²) in [6.07, 6.45) is -1.62. The van der Waals surface area contributed by atoms with Crippen LogP contribution in [0.5, 0.6) is 0 Å². The van der Waals surface area contributed by atoms with Crippen molar-refractivity contribution in [2.45, 2.75) is 44.4 Å². The van der Waals surface area contributed by atoms with Crippen molar-refractivity contribution in [1.82, 2.24) is 5.32 Å². The molecule has 1 aliphatic rings. The molecule has 1 saturated carbocycles. The van der Waals surface area contributed by atoms with E-state index < -0.39 is 18.1 Å². The van der Waals surface area contributed by atoms with Gasteiger partial charge in [0.1, 0.15) is 0 Å². The van der Waals surface area contributed by atoms with E-state index in [-0.39, 0.29) is 6.42 Å². The van der Waals surface area contributed by atoms with Crippen LogP contribution in [0.4, 0.5) is 13.2 Å². The van der Waals surface area contributed by atoms with E-state index in [1.54, 1.807) is 11.3 Å². The summed E-state index contributed by atoms with van der Waals surface area (Å²) in [4.78, 5) is 1.06. The molecule has 0 aromatic carbocycles. The lowest BCUT2D eigenvalue weighted by molar-refractivity contribution is -0.189. The van der Waals surface area contributed by atoms with E-state index in [0.29, 0.717) is 19.4 Å². The molecule has 2 unspecified atom stereocenters. The van der Waals surface area contributed by atoms with E-state index in [9.17, 15) is 13.2 Å². The van der Waals surface area contributed by atoms with E-state index in [1.165, 1.54) is 0 Å². The summed E-state index contributed by atoms with van der Waals surface area (Å²) < 4.78 is 39.6. The van der Waals surface area contributed by atoms with Gasteiger partial charge < -0.3 is 5.32 Å². The SMILES string of the molecule is FC(F)(F)C1CCCCC1NCc1ccc(Br)s1. The lowest BCUT2D eigenvalue weighted by Gasteiger charge is -2.33. The summed E-state index contributed by atoms with van der Waals surface area (Å²) in [6.45, 7) is 0.521. The third-order valence-corrected chi connectivity index (χ3v) is 4.98. The monoisotopic (exact) mass is 341 g/mol. The summed E-state index contributed by atoms with van der Waals surface area (Å²) in [7, 11) is 0. The van der Waals surface area contributed by atoms with Gasteiger partial charge in [-0.25, -0.2) is 0 Å². The van der Waals surface area contributed by atoms with Crippen molar-refractivity contribution in [3.63, 3.8) is 0 Å². The molecular weight excluding hydrogens is 327 g/mol. The quantitative estimate of drug-likeness (QED) is 0.838. The Labute approximate surface area is 117 Å². The van der Waals surface area contributed by atoms with Gasteiger partial charge in [-0.3, -0.25) is 0 Å². The molecule has 1 fully saturated rings. The molecule has 1 aromatic heterocycles. The van der Waals surface area contributed by atoms with Gasteiger partial charge in [0.05, 0.1) is 9.70 Å². The molecule has 18 heavy (non-hydrogen) atoms. The zero-order valence-electron chi connectivity index (χ0n) is 9.77. The fourth-order valence-electron chi connectivity index (χ4n) is 2.45. The first-order chi connectivity index (χ1) is 8.47. The molecule has 1 aromatic rings. The molecule has 0 amide bonds. The van der Waals surface area contributed by atoms with Crippen molar-refractivity contribution in [3.8, 4) is 0 Å². The van der Waals surface area contributed by atoms with Crippen molar-refractivity contribution < 1.29 is 13.2 Å². The van der Waals surface area contributed by atoms with Gasteiger partial charge in [-0.2, -0.15) is 13.2 Å². The van der Waals surface area contributed by atoms with Crippen LogP contribution in [-0.4, -0.2) is 12.2 Å². The van der Waals surface area contributed by atoms with Crippen LogP contribution in [-0.2, 0) is 6.54 Å². The van der Waals surface area contributed by atoms with Gasteiger partial charge in [0.25, 0.3) is 0 Å². The van der Waals surface area contributed by atoms with E-state index in [4.69, 9.17) is 0 Å². The third-order valence-electron chi connectivity index (χ3n) is 3.35. The van der Waals surface area contributed by atoms with Gasteiger partial charge in [-0.1, -0.05) is 12.8 Å². The van der Waals surface area contributed by atoms with Gasteiger partial charge in [0, 0.05) is 17.5 Å².